The van der Waals surface area contributed by atoms with Crippen molar-refractivity contribution in [2.24, 2.45) is 7.05 Å². The molecule has 0 atom stereocenters. The molecule has 0 bridgehead atoms. The number of methoxy groups -OCH3 is 2. The summed E-state index contributed by atoms with van der Waals surface area (Å²) in [5, 5.41) is 5.20. The molecule has 0 saturated heterocycles. The fourth-order valence-electron chi connectivity index (χ4n) is 2.95. The third-order valence-corrected chi connectivity index (χ3v) is 4.42. The molecule has 1 aromatic heterocycles. The van der Waals surface area contributed by atoms with Crippen molar-refractivity contribution in [1.29, 1.82) is 0 Å². The van der Waals surface area contributed by atoms with Gasteiger partial charge in [0.2, 0.25) is 5.78 Å². The molecule has 0 saturated carbocycles. The topological polar surface area (TPSA) is 96.7 Å². The lowest BCUT2D eigenvalue weighted by Gasteiger charge is -2.11. The molecule has 0 unspecified atom stereocenters. The van der Waals surface area contributed by atoms with Crippen molar-refractivity contribution in [2.45, 2.75) is 6.42 Å². The van der Waals surface area contributed by atoms with Crippen molar-refractivity contribution >= 4 is 22.5 Å². The molecule has 1 heterocycles. The van der Waals surface area contributed by atoms with E-state index >= 15 is 0 Å². The number of ketones is 1. The highest BCUT2D eigenvalue weighted by Gasteiger charge is 2.18. The number of carbonyl (C=O) groups excluding carboxylic acids is 2. The van der Waals surface area contributed by atoms with E-state index in [1.807, 2.05) is 0 Å². The van der Waals surface area contributed by atoms with Crippen LogP contribution in [0.2, 0.25) is 0 Å². The van der Waals surface area contributed by atoms with Crippen molar-refractivity contribution in [3.63, 3.8) is 0 Å². The zero-order valence-electron chi connectivity index (χ0n) is 16.3. The van der Waals surface area contributed by atoms with Crippen LogP contribution >= 0.6 is 0 Å². The summed E-state index contributed by atoms with van der Waals surface area (Å²) >= 11 is 0. The molecule has 0 aliphatic carbocycles. The summed E-state index contributed by atoms with van der Waals surface area (Å²) in [4.78, 5) is 37.0. The molecule has 3 aromatic rings. The first-order valence-corrected chi connectivity index (χ1v) is 8.80. The highest BCUT2D eigenvalue weighted by Crippen LogP contribution is 2.24. The molecular formula is C21H20N2O6. The van der Waals surface area contributed by atoms with Crippen molar-refractivity contribution in [1.82, 2.24) is 9.78 Å². The average molecular weight is 396 g/mol. The van der Waals surface area contributed by atoms with Crippen LogP contribution in [0.5, 0.6) is 11.5 Å². The van der Waals surface area contributed by atoms with Gasteiger partial charge in [-0.25, -0.2) is 4.68 Å². The minimum absolute atomic E-state index is 0.169. The van der Waals surface area contributed by atoms with E-state index in [9.17, 15) is 14.4 Å². The number of rotatable bonds is 7. The van der Waals surface area contributed by atoms with E-state index in [0.29, 0.717) is 28.0 Å². The number of nitrogens with zero attached hydrogens (tertiary/aromatic N) is 2. The largest absolute Gasteiger partial charge is 0.497 e. The van der Waals surface area contributed by atoms with E-state index in [1.165, 1.54) is 32.0 Å². The number of carbonyl (C=O) groups is 2. The second kappa shape index (κ2) is 8.55. The lowest BCUT2D eigenvalue weighted by atomic mass is 10.1. The Morgan fingerprint density at radius 1 is 1.03 bits per heavy atom. The number of benzene rings is 2. The first-order valence-electron chi connectivity index (χ1n) is 8.80. The smallest absolute Gasteiger partial charge is 0.312 e. The number of aromatic nitrogens is 2. The average Bonchev–Trinajstić information content (AvgIpc) is 2.75. The second-order valence-electron chi connectivity index (χ2n) is 6.25. The predicted molar refractivity (Wildman–Crippen MR) is 106 cm³/mol. The molecule has 3 rings (SSSR count). The number of fused-ring (bicyclic) bond motifs is 1. The summed E-state index contributed by atoms with van der Waals surface area (Å²) in [5.74, 6) is -0.206. The molecule has 0 aliphatic heterocycles. The molecule has 0 fully saturated rings. The summed E-state index contributed by atoms with van der Waals surface area (Å²) < 4.78 is 16.6. The van der Waals surface area contributed by atoms with Crippen molar-refractivity contribution in [2.75, 3.05) is 20.8 Å². The van der Waals surface area contributed by atoms with Crippen molar-refractivity contribution < 1.29 is 23.8 Å². The quantitative estimate of drug-likeness (QED) is 0.445. The highest BCUT2D eigenvalue weighted by atomic mass is 16.5. The molecule has 0 spiro atoms. The van der Waals surface area contributed by atoms with Gasteiger partial charge in [-0.15, -0.1) is 0 Å². The van der Waals surface area contributed by atoms with Crippen LogP contribution in [-0.2, 0) is 23.0 Å². The van der Waals surface area contributed by atoms with E-state index in [0.717, 1.165) is 0 Å². The molecule has 29 heavy (non-hydrogen) atoms. The first kappa shape index (κ1) is 20.1. The Labute approximate surface area is 166 Å². The Morgan fingerprint density at radius 3 is 2.45 bits per heavy atom. The van der Waals surface area contributed by atoms with E-state index in [-0.39, 0.29) is 17.5 Å². The summed E-state index contributed by atoms with van der Waals surface area (Å²) in [6, 6.07) is 11.7. The third kappa shape index (κ3) is 4.26. The Bertz CT molecular complexity index is 1140. The third-order valence-electron chi connectivity index (χ3n) is 4.42. The SMILES string of the molecule is COc1ccc(OC)c(C(=O)COC(=O)Cc2nn(C)c(=O)c3ccccc23)c1. The van der Waals surface area contributed by atoms with Gasteiger partial charge in [0.15, 0.2) is 6.61 Å². The molecular weight excluding hydrogens is 376 g/mol. The number of aryl methyl sites for hydroxylation is 1. The zero-order chi connectivity index (χ0) is 21.0. The molecule has 2 aromatic carbocycles. The monoisotopic (exact) mass is 396 g/mol. The number of esters is 1. The van der Waals surface area contributed by atoms with Gasteiger partial charge in [-0.2, -0.15) is 5.10 Å². The fraction of sp³-hybridized carbons (Fsp3) is 0.238. The van der Waals surface area contributed by atoms with E-state index < -0.39 is 18.4 Å². The van der Waals surface area contributed by atoms with Gasteiger partial charge in [0.1, 0.15) is 11.5 Å². The minimum Gasteiger partial charge on any atom is -0.497 e. The predicted octanol–water partition coefficient (Wildman–Crippen LogP) is 1.92. The van der Waals surface area contributed by atoms with Crippen LogP contribution in [0, 0.1) is 0 Å². The molecule has 8 nitrogen and oxygen atoms in total. The Hall–Kier alpha value is -3.68. The normalized spacial score (nSPS) is 10.6. The van der Waals surface area contributed by atoms with Gasteiger partial charge in [-0.1, -0.05) is 18.2 Å². The van der Waals surface area contributed by atoms with E-state index in [2.05, 4.69) is 5.10 Å². The summed E-state index contributed by atoms with van der Waals surface area (Å²) in [7, 11) is 4.45. The van der Waals surface area contributed by atoms with Gasteiger partial charge in [-0.3, -0.25) is 14.4 Å². The van der Waals surface area contributed by atoms with E-state index in [1.54, 1.807) is 36.4 Å². The molecule has 0 N–H and O–H groups in total. The maximum atomic E-state index is 12.5. The van der Waals surface area contributed by atoms with Gasteiger partial charge < -0.3 is 14.2 Å². The van der Waals surface area contributed by atoms with Crippen LogP contribution in [0.1, 0.15) is 16.1 Å². The Morgan fingerprint density at radius 2 is 1.76 bits per heavy atom. The Kier molecular flexibility index (Phi) is 5.92. The van der Waals surface area contributed by atoms with Gasteiger partial charge in [0, 0.05) is 12.4 Å². The number of Topliss-reactive ketones (excluding diaryl/α,β-unsaturated/α-hetero) is 1. The fourth-order valence-corrected chi connectivity index (χ4v) is 2.95. The second-order valence-corrected chi connectivity index (χ2v) is 6.25. The zero-order valence-corrected chi connectivity index (χ0v) is 16.3. The van der Waals surface area contributed by atoms with Crippen molar-refractivity contribution in [3.8, 4) is 11.5 Å². The number of hydrogen-bond donors (Lipinski definition) is 0. The van der Waals surface area contributed by atoms with Crippen LogP contribution in [-0.4, -0.2) is 42.4 Å². The number of hydrogen-bond acceptors (Lipinski definition) is 7. The van der Waals surface area contributed by atoms with Crippen LogP contribution in [0.3, 0.4) is 0 Å². The summed E-state index contributed by atoms with van der Waals surface area (Å²) in [6.07, 6.45) is -0.169. The van der Waals surface area contributed by atoms with Crippen LogP contribution in [0.25, 0.3) is 10.8 Å². The van der Waals surface area contributed by atoms with Crippen LogP contribution < -0.4 is 15.0 Å². The maximum Gasteiger partial charge on any atom is 0.312 e. The molecule has 0 radical (unpaired) electrons. The Balaban J connectivity index is 1.74. The van der Waals surface area contributed by atoms with Crippen LogP contribution in [0.15, 0.2) is 47.3 Å². The highest BCUT2D eigenvalue weighted by molar-refractivity contribution is 6.01. The van der Waals surface area contributed by atoms with E-state index in [4.69, 9.17) is 14.2 Å². The lowest BCUT2D eigenvalue weighted by Crippen LogP contribution is -2.23. The van der Waals surface area contributed by atoms with Gasteiger partial charge in [0.05, 0.1) is 37.3 Å². The summed E-state index contributed by atoms with van der Waals surface area (Å²) in [6.45, 7) is -0.452. The first-order chi connectivity index (χ1) is 13.9. The molecule has 8 heteroatoms. The van der Waals surface area contributed by atoms with Crippen LogP contribution in [0.4, 0.5) is 0 Å². The molecule has 0 aliphatic rings. The van der Waals surface area contributed by atoms with Gasteiger partial charge in [-0.05, 0) is 24.3 Å². The standard InChI is InChI=1S/C21H20N2O6/c1-23-21(26)15-7-5-4-6-14(15)17(22-23)11-20(25)29-12-18(24)16-10-13(27-2)8-9-19(16)28-3/h4-10H,11-12H2,1-3H3. The molecule has 150 valence electrons. The van der Waals surface area contributed by atoms with Gasteiger partial charge >= 0.3 is 5.97 Å². The minimum atomic E-state index is -0.628. The maximum absolute atomic E-state index is 12.5. The summed E-state index contributed by atoms with van der Waals surface area (Å²) in [5.41, 5.74) is 0.405. The van der Waals surface area contributed by atoms with Crippen molar-refractivity contribution in [3.05, 3.63) is 64.1 Å². The lowest BCUT2D eigenvalue weighted by molar-refractivity contribution is -0.141. The van der Waals surface area contributed by atoms with Gasteiger partial charge in [0.25, 0.3) is 5.56 Å². The molecule has 0 amide bonds. The number of ether oxygens (including phenoxy) is 3.